The smallest absolute Gasteiger partial charge is 0.254 e. The fraction of sp³-hybridized carbons (Fsp3) is 0.640. The van der Waals surface area contributed by atoms with E-state index < -0.39 is 17.7 Å². The number of hydrogen-bond donors (Lipinski definition) is 1. The van der Waals surface area contributed by atoms with Crippen LogP contribution >= 0.6 is 23.5 Å². The van der Waals surface area contributed by atoms with Crippen LogP contribution in [-0.4, -0.2) is 53.7 Å². The number of hydrogen-bond acceptors (Lipinski definition) is 6. The molecule has 0 saturated carbocycles. The summed E-state index contributed by atoms with van der Waals surface area (Å²) in [7, 11) is 0. The lowest BCUT2D eigenvalue weighted by molar-refractivity contribution is -0.161. The second-order valence-corrected chi connectivity index (χ2v) is 12.3. The number of halogens is 2. The zero-order chi connectivity index (χ0) is 25.1. The molecule has 190 valence electrons. The van der Waals surface area contributed by atoms with E-state index in [9.17, 15) is 9.18 Å². The fourth-order valence-electron chi connectivity index (χ4n) is 4.18. The molecule has 1 aromatic carbocycles. The van der Waals surface area contributed by atoms with E-state index in [2.05, 4.69) is 32.1 Å². The monoisotopic (exact) mass is 514 g/mol. The summed E-state index contributed by atoms with van der Waals surface area (Å²) in [6.45, 7) is 15.5. The Kier molecular flexibility index (Phi) is 8.96. The summed E-state index contributed by atoms with van der Waals surface area (Å²) in [5, 5.41) is 0.0575. The lowest BCUT2D eigenvalue weighted by atomic mass is 9.85. The summed E-state index contributed by atoms with van der Waals surface area (Å²) in [6, 6.07) is 2.86. The minimum Gasteiger partial charge on any atom is -0.489 e. The van der Waals surface area contributed by atoms with Crippen LogP contribution < -0.4 is 9.46 Å². The van der Waals surface area contributed by atoms with Crippen molar-refractivity contribution in [2.75, 3.05) is 26.3 Å². The van der Waals surface area contributed by atoms with E-state index >= 15 is 0 Å². The Bertz CT molecular complexity index is 884. The number of carbonyl (C=O) groups is 1. The van der Waals surface area contributed by atoms with Gasteiger partial charge in [0.05, 0.1) is 11.6 Å². The maximum atomic E-state index is 14.3. The Morgan fingerprint density at radius 1 is 1.41 bits per heavy atom. The highest BCUT2D eigenvalue weighted by molar-refractivity contribution is 7.98. The number of carbonyl (C=O) groups excluding carboxylic acids is 1. The Hall–Kier alpha value is -1.32. The molecule has 2 fully saturated rings. The standard InChI is InChI=1S/C25H36ClFN2O4S/c1-7-12-31-20-14-19(27)18(26)13-17(20)22(28-34-24(2,3)4)16-8-10-29(11-9-16)23(30)21-15-32-25(5,6)33-21/h7,13-14,16,21-22,28H,1,8-12,15H2,2-6H3. The van der Waals surface area contributed by atoms with Crippen molar-refractivity contribution >= 4 is 29.5 Å². The third-order valence-electron chi connectivity index (χ3n) is 5.84. The van der Waals surface area contributed by atoms with Crippen molar-refractivity contribution in [2.45, 2.75) is 70.1 Å². The summed E-state index contributed by atoms with van der Waals surface area (Å²) in [6.07, 6.45) is 2.62. The molecule has 0 bridgehead atoms. The first-order chi connectivity index (χ1) is 15.9. The molecule has 2 saturated heterocycles. The van der Waals surface area contributed by atoms with Gasteiger partial charge in [0.2, 0.25) is 0 Å². The minimum atomic E-state index is -0.735. The van der Waals surface area contributed by atoms with E-state index in [1.165, 1.54) is 6.07 Å². The molecule has 9 heteroatoms. The van der Waals surface area contributed by atoms with Gasteiger partial charge in [-0.25, -0.2) is 4.39 Å². The fourth-order valence-corrected chi connectivity index (χ4v) is 5.15. The number of nitrogens with one attached hydrogen (secondary N) is 1. The first kappa shape index (κ1) is 27.3. The van der Waals surface area contributed by atoms with Crippen LogP contribution in [0.4, 0.5) is 4.39 Å². The van der Waals surface area contributed by atoms with E-state index in [1.54, 1.807) is 24.1 Å². The van der Waals surface area contributed by atoms with Crippen molar-refractivity contribution in [3.05, 3.63) is 41.2 Å². The third-order valence-corrected chi connectivity index (χ3v) is 7.12. The molecular formula is C25H36ClFN2O4S. The van der Waals surface area contributed by atoms with Gasteiger partial charge in [0.1, 0.15) is 18.2 Å². The van der Waals surface area contributed by atoms with Crippen molar-refractivity contribution in [1.82, 2.24) is 9.62 Å². The maximum Gasteiger partial charge on any atom is 0.254 e. The molecule has 2 heterocycles. The van der Waals surface area contributed by atoms with Crippen LogP contribution in [0.15, 0.2) is 24.8 Å². The maximum absolute atomic E-state index is 14.3. The molecule has 1 aromatic rings. The van der Waals surface area contributed by atoms with Crippen molar-refractivity contribution in [2.24, 2.45) is 5.92 Å². The number of nitrogens with zero attached hydrogens (tertiary/aromatic N) is 1. The minimum absolute atomic E-state index is 0.0302. The molecule has 2 atom stereocenters. The molecule has 3 rings (SSSR count). The quantitative estimate of drug-likeness (QED) is 0.364. The normalized spacial score (nSPS) is 22.0. The summed E-state index contributed by atoms with van der Waals surface area (Å²) in [5.74, 6) is -0.636. The zero-order valence-corrected chi connectivity index (χ0v) is 22.2. The molecule has 0 radical (unpaired) electrons. The van der Waals surface area contributed by atoms with Crippen LogP contribution in [0.2, 0.25) is 5.02 Å². The Morgan fingerprint density at radius 2 is 2.09 bits per heavy atom. The number of piperidine rings is 1. The van der Waals surface area contributed by atoms with Crippen molar-refractivity contribution in [1.29, 1.82) is 0 Å². The number of amides is 1. The molecule has 2 aliphatic heterocycles. The van der Waals surface area contributed by atoms with Gasteiger partial charge in [-0.2, -0.15) is 0 Å². The molecule has 0 aliphatic carbocycles. The lowest BCUT2D eigenvalue weighted by Crippen LogP contribution is -2.46. The van der Waals surface area contributed by atoms with Crippen molar-refractivity contribution < 1.29 is 23.4 Å². The van der Waals surface area contributed by atoms with Crippen LogP contribution in [0.1, 0.15) is 59.1 Å². The van der Waals surface area contributed by atoms with Gasteiger partial charge in [-0.1, -0.05) is 36.2 Å². The van der Waals surface area contributed by atoms with Gasteiger partial charge in [-0.05, 0) is 59.4 Å². The second-order valence-electron chi connectivity index (χ2n) is 10.2. The predicted octanol–water partition coefficient (Wildman–Crippen LogP) is 5.51. The highest BCUT2D eigenvalue weighted by atomic mass is 35.5. The van der Waals surface area contributed by atoms with Crippen LogP contribution in [0.5, 0.6) is 5.75 Å². The summed E-state index contributed by atoms with van der Waals surface area (Å²) in [5.41, 5.74) is 0.809. The second kappa shape index (κ2) is 11.2. The number of benzene rings is 1. The van der Waals surface area contributed by atoms with Crippen LogP contribution in [0.25, 0.3) is 0 Å². The molecule has 0 aromatic heterocycles. The van der Waals surface area contributed by atoms with Gasteiger partial charge in [-0.3, -0.25) is 9.52 Å². The summed E-state index contributed by atoms with van der Waals surface area (Å²) < 4.78 is 35.0. The van der Waals surface area contributed by atoms with E-state index in [0.29, 0.717) is 18.8 Å². The highest BCUT2D eigenvalue weighted by Crippen LogP contribution is 2.40. The Labute approximate surface area is 211 Å². The molecule has 0 spiro atoms. The average Bonchev–Trinajstić information content (AvgIpc) is 3.14. The van der Waals surface area contributed by atoms with E-state index in [1.807, 2.05) is 18.7 Å². The molecule has 2 unspecified atom stereocenters. The molecule has 6 nitrogen and oxygen atoms in total. The average molecular weight is 515 g/mol. The molecule has 1 amide bonds. The predicted molar refractivity (Wildman–Crippen MR) is 135 cm³/mol. The number of ether oxygens (including phenoxy) is 3. The molecule has 1 N–H and O–H groups in total. The molecule has 2 aliphatic rings. The number of likely N-dealkylation sites (tertiary alicyclic amines) is 1. The van der Waals surface area contributed by atoms with Crippen LogP contribution in [-0.2, 0) is 14.3 Å². The van der Waals surface area contributed by atoms with Crippen molar-refractivity contribution in [3.8, 4) is 5.75 Å². The van der Waals surface area contributed by atoms with Gasteiger partial charge < -0.3 is 19.1 Å². The zero-order valence-electron chi connectivity index (χ0n) is 20.7. The topological polar surface area (TPSA) is 60.0 Å². The summed E-state index contributed by atoms with van der Waals surface area (Å²) >= 11 is 7.81. The molecule has 34 heavy (non-hydrogen) atoms. The Balaban J connectivity index is 1.78. The van der Waals surface area contributed by atoms with E-state index in [-0.39, 0.29) is 40.9 Å². The van der Waals surface area contributed by atoms with Gasteiger partial charge in [0.25, 0.3) is 5.91 Å². The van der Waals surface area contributed by atoms with Crippen molar-refractivity contribution in [3.63, 3.8) is 0 Å². The highest BCUT2D eigenvalue weighted by Gasteiger charge is 2.40. The van der Waals surface area contributed by atoms with Gasteiger partial charge in [0.15, 0.2) is 11.9 Å². The lowest BCUT2D eigenvalue weighted by Gasteiger charge is -2.38. The van der Waals surface area contributed by atoms with Gasteiger partial charge in [0, 0.05) is 35.5 Å². The van der Waals surface area contributed by atoms with E-state index in [0.717, 1.165) is 18.4 Å². The first-order valence-corrected chi connectivity index (χ1v) is 12.9. The van der Waals surface area contributed by atoms with E-state index in [4.69, 9.17) is 25.8 Å². The third kappa shape index (κ3) is 7.10. The van der Waals surface area contributed by atoms with Gasteiger partial charge >= 0.3 is 0 Å². The Morgan fingerprint density at radius 3 is 2.65 bits per heavy atom. The SMILES string of the molecule is C=CCOc1cc(F)c(Cl)cc1C(NSC(C)(C)C)C1CCN(C(=O)C2COC(C)(C)O2)CC1. The molecular weight excluding hydrogens is 479 g/mol. The number of rotatable bonds is 8. The van der Waals surface area contributed by atoms with Crippen LogP contribution in [0, 0.1) is 11.7 Å². The van der Waals surface area contributed by atoms with Crippen LogP contribution in [0.3, 0.4) is 0 Å². The largest absolute Gasteiger partial charge is 0.489 e. The first-order valence-electron chi connectivity index (χ1n) is 11.7. The summed E-state index contributed by atoms with van der Waals surface area (Å²) in [4.78, 5) is 14.8. The van der Waals surface area contributed by atoms with Gasteiger partial charge in [-0.15, -0.1) is 0 Å².